The molecule has 9 heavy (non-hydrogen) atoms. The third kappa shape index (κ3) is 1.41. The number of hydrogen-bond acceptors (Lipinski definition) is 2. The SMILES string of the molecule is FC(F)(F)C1[C]=NCO1. The summed E-state index contributed by atoms with van der Waals surface area (Å²) in [6, 6.07) is 0. The molecule has 0 bridgehead atoms. The van der Waals surface area contributed by atoms with Crippen molar-refractivity contribution in [3.05, 3.63) is 0 Å². The molecule has 1 rings (SSSR count). The molecule has 0 N–H and O–H groups in total. The third-order valence-corrected chi connectivity index (χ3v) is 0.812. The van der Waals surface area contributed by atoms with Crippen LogP contribution in [0.15, 0.2) is 4.99 Å². The average Bonchev–Trinajstić information content (AvgIpc) is 2.08. The van der Waals surface area contributed by atoms with E-state index in [0.29, 0.717) is 0 Å². The first-order valence-electron chi connectivity index (χ1n) is 2.21. The summed E-state index contributed by atoms with van der Waals surface area (Å²) in [7, 11) is 0. The van der Waals surface area contributed by atoms with Gasteiger partial charge >= 0.3 is 6.18 Å². The molecule has 0 aromatic heterocycles. The molecule has 1 heterocycles. The van der Waals surface area contributed by atoms with E-state index in [2.05, 4.69) is 9.73 Å². The zero-order valence-corrected chi connectivity index (χ0v) is 4.27. The molecule has 1 radical (unpaired) electrons. The molecule has 0 fully saturated rings. The number of alkyl halides is 3. The molecular formula is C4H3F3NO. The van der Waals surface area contributed by atoms with Gasteiger partial charge in [-0.25, -0.2) is 0 Å². The fourth-order valence-corrected chi connectivity index (χ4v) is 0.437. The minimum absolute atomic E-state index is 0.232. The van der Waals surface area contributed by atoms with Gasteiger partial charge in [0, 0.05) is 0 Å². The van der Waals surface area contributed by atoms with E-state index < -0.39 is 12.3 Å². The van der Waals surface area contributed by atoms with Crippen LogP contribution in [0.1, 0.15) is 0 Å². The van der Waals surface area contributed by atoms with Gasteiger partial charge in [0.05, 0.1) is 0 Å². The smallest absolute Gasteiger partial charge is 0.340 e. The van der Waals surface area contributed by atoms with Crippen LogP contribution in [0.3, 0.4) is 0 Å². The third-order valence-electron chi connectivity index (χ3n) is 0.812. The van der Waals surface area contributed by atoms with E-state index in [-0.39, 0.29) is 6.73 Å². The number of aliphatic imine (C=N–C) groups is 1. The molecule has 0 spiro atoms. The van der Waals surface area contributed by atoms with Gasteiger partial charge in [-0.2, -0.15) is 13.2 Å². The van der Waals surface area contributed by atoms with Gasteiger partial charge in [0.1, 0.15) is 12.9 Å². The van der Waals surface area contributed by atoms with Crippen molar-refractivity contribution in [3.63, 3.8) is 0 Å². The average molecular weight is 138 g/mol. The van der Waals surface area contributed by atoms with Crippen molar-refractivity contribution < 1.29 is 17.9 Å². The summed E-state index contributed by atoms with van der Waals surface area (Å²) in [6.45, 7) is -0.232. The molecule has 0 saturated heterocycles. The number of nitrogens with zero attached hydrogens (tertiary/aromatic N) is 1. The second-order valence-corrected chi connectivity index (χ2v) is 1.50. The van der Waals surface area contributed by atoms with Gasteiger partial charge in [0.2, 0.25) is 0 Å². The molecule has 1 aliphatic heterocycles. The molecule has 0 aromatic rings. The first kappa shape index (κ1) is 6.54. The molecule has 1 unspecified atom stereocenters. The molecule has 51 valence electrons. The minimum Gasteiger partial charge on any atom is -0.340 e. The Kier molecular flexibility index (Phi) is 1.44. The van der Waals surface area contributed by atoms with E-state index in [4.69, 9.17) is 0 Å². The largest absolute Gasteiger partial charge is 0.420 e. The van der Waals surface area contributed by atoms with Crippen molar-refractivity contribution in [2.45, 2.75) is 12.3 Å². The Morgan fingerprint density at radius 1 is 1.56 bits per heavy atom. The van der Waals surface area contributed by atoms with E-state index in [9.17, 15) is 13.2 Å². The van der Waals surface area contributed by atoms with Gasteiger partial charge in [-0.05, 0) is 0 Å². The standard InChI is InChI=1S/C4H3F3NO/c5-4(6,7)3-1-8-2-9-3/h3H,2H2. The molecule has 0 amide bonds. The lowest BCUT2D eigenvalue weighted by Gasteiger charge is -2.09. The van der Waals surface area contributed by atoms with Crippen LogP contribution in [0.4, 0.5) is 13.2 Å². The lowest BCUT2D eigenvalue weighted by molar-refractivity contribution is -0.189. The summed E-state index contributed by atoms with van der Waals surface area (Å²) in [5.74, 6) is 0. The fourth-order valence-electron chi connectivity index (χ4n) is 0.437. The van der Waals surface area contributed by atoms with Gasteiger partial charge < -0.3 is 4.74 Å². The Labute approximate surface area is 49.3 Å². The van der Waals surface area contributed by atoms with Crippen molar-refractivity contribution in [1.82, 2.24) is 0 Å². The second kappa shape index (κ2) is 1.98. The van der Waals surface area contributed by atoms with Crippen LogP contribution in [0, 0.1) is 0 Å². The Hall–Kier alpha value is -0.580. The monoisotopic (exact) mass is 138 g/mol. The molecule has 1 aliphatic rings. The zero-order chi connectivity index (χ0) is 6.91. The maximum absolute atomic E-state index is 11.5. The van der Waals surface area contributed by atoms with Crippen molar-refractivity contribution in [2.24, 2.45) is 4.99 Å². The normalized spacial score (nSPS) is 27.2. The molecule has 1 atom stereocenters. The van der Waals surface area contributed by atoms with Gasteiger partial charge in [-0.15, -0.1) is 0 Å². The highest BCUT2D eigenvalue weighted by Crippen LogP contribution is 2.23. The molecule has 5 heteroatoms. The highest BCUT2D eigenvalue weighted by atomic mass is 19.4. The van der Waals surface area contributed by atoms with E-state index in [1.54, 1.807) is 6.21 Å². The summed E-state index contributed by atoms with van der Waals surface area (Å²) >= 11 is 0. The van der Waals surface area contributed by atoms with E-state index in [0.717, 1.165) is 0 Å². The lowest BCUT2D eigenvalue weighted by atomic mass is 10.4. The summed E-state index contributed by atoms with van der Waals surface area (Å²) in [6.07, 6.45) is -4.48. The highest BCUT2D eigenvalue weighted by Gasteiger charge is 2.41. The molecule has 2 nitrogen and oxygen atoms in total. The van der Waals surface area contributed by atoms with Crippen LogP contribution in [0.5, 0.6) is 0 Å². The molecule has 0 aliphatic carbocycles. The Bertz CT molecular complexity index is 130. The van der Waals surface area contributed by atoms with Crippen LogP contribution >= 0.6 is 0 Å². The molecule has 0 saturated carbocycles. The maximum Gasteiger partial charge on any atom is 0.420 e. The van der Waals surface area contributed by atoms with Gasteiger partial charge in [0.25, 0.3) is 0 Å². The lowest BCUT2D eigenvalue weighted by Crippen LogP contribution is -2.29. The molecule has 0 aromatic carbocycles. The second-order valence-electron chi connectivity index (χ2n) is 1.50. The predicted molar refractivity (Wildman–Crippen MR) is 23.2 cm³/mol. The first-order valence-corrected chi connectivity index (χ1v) is 2.21. The van der Waals surface area contributed by atoms with Crippen LogP contribution in [0.25, 0.3) is 0 Å². The number of hydrogen-bond donors (Lipinski definition) is 0. The molecular weight excluding hydrogens is 135 g/mol. The van der Waals surface area contributed by atoms with Crippen LogP contribution in [-0.2, 0) is 4.74 Å². The predicted octanol–water partition coefficient (Wildman–Crippen LogP) is 0.853. The highest BCUT2D eigenvalue weighted by molar-refractivity contribution is 5.65. The first-order chi connectivity index (χ1) is 4.11. The van der Waals surface area contributed by atoms with Crippen molar-refractivity contribution in [3.8, 4) is 0 Å². The van der Waals surface area contributed by atoms with E-state index in [1.165, 1.54) is 0 Å². The topological polar surface area (TPSA) is 21.6 Å². The summed E-state index contributed by atoms with van der Waals surface area (Å²) in [5, 5.41) is 0. The van der Waals surface area contributed by atoms with Crippen LogP contribution < -0.4 is 0 Å². The fraction of sp³-hybridized carbons (Fsp3) is 0.750. The quantitative estimate of drug-likeness (QED) is 0.486. The maximum atomic E-state index is 11.5. The Morgan fingerprint density at radius 3 is 2.44 bits per heavy atom. The summed E-state index contributed by atoms with van der Waals surface area (Å²) in [4.78, 5) is 3.14. The number of rotatable bonds is 0. The summed E-state index contributed by atoms with van der Waals surface area (Å²) < 4.78 is 38.7. The van der Waals surface area contributed by atoms with Crippen molar-refractivity contribution in [1.29, 1.82) is 0 Å². The number of ether oxygens (including phenoxy) is 1. The van der Waals surface area contributed by atoms with Gasteiger partial charge in [-0.3, -0.25) is 4.99 Å². The zero-order valence-electron chi connectivity index (χ0n) is 4.27. The van der Waals surface area contributed by atoms with Gasteiger partial charge in [0.15, 0.2) is 6.10 Å². The Morgan fingerprint density at radius 2 is 2.22 bits per heavy atom. The summed E-state index contributed by atoms with van der Waals surface area (Å²) in [5.41, 5.74) is 0. The van der Waals surface area contributed by atoms with Gasteiger partial charge in [-0.1, -0.05) is 0 Å². The van der Waals surface area contributed by atoms with Crippen molar-refractivity contribution in [2.75, 3.05) is 6.73 Å². The van der Waals surface area contributed by atoms with E-state index in [1.807, 2.05) is 0 Å². The van der Waals surface area contributed by atoms with E-state index >= 15 is 0 Å². The van der Waals surface area contributed by atoms with Crippen LogP contribution in [0.2, 0.25) is 0 Å². The minimum atomic E-state index is -4.35. The van der Waals surface area contributed by atoms with Crippen LogP contribution in [-0.4, -0.2) is 25.2 Å². The van der Waals surface area contributed by atoms with Crippen molar-refractivity contribution >= 4 is 6.21 Å². The number of halogens is 3. The Balaban J connectivity index is 2.53.